The fourth-order valence-electron chi connectivity index (χ4n) is 0.709. The summed E-state index contributed by atoms with van der Waals surface area (Å²) in [6.45, 7) is 6.64. The summed E-state index contributed by atoms with van der Waals surface area (Å²) in [5.74, 6) is 6.54. The van der Waals surface area contributed by atoms with Crippen LogP contribution in [-0.2, 0) is 9.57 Å². The Balaban J connectivity index is 3.28. The first-order valence-electron chi connectivity index (χ1n) is 4.98. The van der Waals surface area contributed by atoms with E-state index in [4.69, 9.17) is 10.6 Å². The van der Waals surface area contributed by atoms with E-state index in [9.17, 15) is 4.79 Å². The second kappa shape index (κ2) is 8.98. The Morgan fingerprint density at radius 3 is 2.50 bits per heavy atom. The SMILES string of the molecule is CC(C)(C)OC(=O)NCCSSCCON. The predicted molar refractivity (Wildman–Crippen MR) is 69.3 cm³/mol. The molecule has 0 radical (unpaired) electrons. The molecule has 0 aromatic carbocycles. The smallest absolute Gasteiger partial charge is 0.407 e. The van der Waals surface area contributed by atoms with Crippen molar-refractivity contribution in [2.75, 3.05) is 24.7 Å². The highest BCUT2D eigenvalue weighted by Crippen LogP contribution is 2.19. The zero-order valence-corrected chi connectivity index (χ0v) is 11.6. The van der Waals surface area contributed by atoms with Gasteiger partial charge in [0.25, 0.3) is 0 Å². The third kappa shape index (κ3) is 12.0. The molecule has 0 aliphatic heterocycles. The van der Waals surface area contributed by atoms with Crippen LogP contribution < -0.4 is 11.2 Å². The molecule has 0 atom stereocenters. The summed E-state index contributed by atoms with van der Waals surface area (Å²) in [5.41, 5.74) is -0.440. The van der Waals surface area contributed by atoms with Gasteiger partial charge in [-0.15, -0.1) is 0 Å². The van der Waals surface area contributed by atoms with Gasteiger partial charge in [-0.1, -0.05) is 21.6 Å². The maximum Gasteiger partial charge on any atom is 0.407 e. The van der Waals surface area contributed by atoms with Crippen molar-refractivity contribution in [1.29, 1.82) is 0 Å². The Morgan fingerprint density at radius 1 is 1.31 bits per heavy atom. The lowest BCUT2D eigenvalue weighted by atomic mass is 10.2. The van der Waals surface area contributed by atoms with Gasteiger partial charge in [0.15, 0.2) is 0 Å². The molecule has 0 rings (SSSR count). The molecule has 0 fully saturated rings. The number of rotatable bonds is 7. The summed E-state index contributed by atoms with van der Waals surface area (Å²) in [6, 6.07) is 0. The molecule has 5 nitrogen and oxygen atoms in total. The van der Waals surface area contributed by atoms with Gasteiger partial charge in [0, 0.05) is 18.1 Å². The average Bonchev–Trinajstić information content (AvgIpc) is 2.13. The Kier molecular flexibility index (Phi) is 8.91. The first-order chi connectivity index (χ1) is 7.45. The van der Waals surface area contributed by atoms with E-state index >= 15 is 0 Å². The summed E-state index contributed by atoms with van der Waals surface area (Å²) >= 11 is 0. The van der Waals surface area contributed by atoms with Crippen molar-refractivity contribution in [3.63, 3.8) is 0 Å². The lowest BCUT2D eigenvalue weighted by Crippen LogP contribution is -2.33. The highest BCUT2D eigenvalue weighted by molar-refractivity contribution is 8.76. The van der Waals surface area contributed by atoms with Gasteiger partial charge in [-0.25, -0.2) is 10.7 Å². The third-order valence-corrected chi connectivity index (χ3v) is 3.59. The molecule has 0 saturated carbocycles. The Bertz CT molecular complexity index is 198. The van der Waals surface area contributed by atoms with Gasteiger partial charge in [0.05, 0.1) is 6.61 Å². The molecular weight excluding hydrogens is 248 g/mol. The molecule has 0 aromatic heterocycles. The van der Waals surface area contributed by atoms with Crippen LogP contribution in [0, 0.1) is 0 Å². The molecule has 0 unspecified atom stereocenters. The van der Waals surface area contributed by atoms with E-state index in [-0.39, 0.29) is 6.09 Å². The highest BCUT2D eigenvalue weighted by Gasteiger charge is 2.15. The number of amides is 1. The van der Waals surface area contributed by atoms with Crippen LogP contribution in [0.15, 0.2) is 0 Å². The highest BCUT2D eigenvalue weighted by atomic mass is 33.1. The fourth-order valence-corrected chi connectivity index (χ4v) is 2.46. The molecule has 0 heterocycles. The Labute approximate surface area is 105 Å². The van der Waals surface area contributed by atoms with Crippen molar-refractivity contribution in [2.24, 2.45) is 5.90 Å². The molecule has 16 heavy (non-hydrogen) atoms. The standard InChI is InChI=1S/C9H20N2O3S2/c1-9(2,3)14-8(12)11-4-6-15-16-7-5-13-10/h4-7,10H2,1-3H3,(H,11,12). The Hall–Kier alpha value is -0.110. The first kappa shape index (κ1) is 15.9. The van der Waals surface area contributed by atoms with Crippen molar-refractivity contribution in [3.05, 3.63) is 0 Å². The van der Waals surface area contributed by atoms with E-state index in [0.29, 0.717) is 13.2 Å². The monoisotopic (exact) mass is 268 g/mol. The number of nitrogens with one attached hydrogen (secondary N) is 1. The number of carbonyl (C=O) groups excluding carboxylic acids is 1. The number of alkyl carbamates (subject to hydrolysis) is 1. The molecule has 0 aromatic rings. The van der Waals surface area contributed by atoms with E-state index in [1.807, 2.05) is 20.8 Å². The second-order valence-electron chi connectivity index (χ2n) is 3.94. The van der Waals surface area contributed by atoms with Crippen LogP contribution in [0.5, 0.6) is 0 Å². The maximum atomic E-state index is 11.2. The molecule has 0 aliphatic rings. The van der Waals surface area contributed by atoms with Crippen molar-refractivity contribution in [1.82, 2.24) is 5.32 Å². The van der Waals surface area contributed by atoms with Crippen LogP contribution >= 0.6 is 21.6 Å². The van der Waals surface area contributed by atoms with Gasteiger partial charge in [0.1, 0.15) is 5.60 Å². The summed E-state index contributed by atoms with van der Waals surface area (Å²) in [6.07, 6.45) is -0.372. The first-order valence-corrected chi connectivity index (χ1v) is 7.47. The van der Waals surface area contributed by atoms with Gasteiger partial charge >= 0.3 is 6.09 Å². The van der Waals surface area contributed by atoms with Crippen LogP contribution in [-0.4, -0.2) is 36.4 Å². The molecule has 1 amide bonds. The molecule has 3 N–H and O–H groups in total. The summed E-state index contributed by atoms with van der Waals surface area (Å²) in [7, 11) is 3.33. The quantitative estimate of drug-likeness (QED) is 0.416. The lowest BCUT2D eigenvalue weighted by Gasteiger charge is -2.19. The normalized spacial score (nSPS) is 11.2. The fraction of sp³-hybridized carbons (Fsp3) is 0.889. The van der Waals surface area contributed by atoms with E-state index < -0.39 is 5.60 Å². The van der Waals surface area contributed by atoms with Crippen molar-refractivity contribution >= 4 is 27.7 Å². The summed E-state index contributed by atoms with van der Waals surface area (Å²) < 4.78 is 5.08. The van der Waals surface area contributed by atoms with Gasteiger partial charge in [0.2, 0.25) is 0 Å². The van der Waals surface area contributed by atoms with Crippen LogP contribution in [0.4, 0.5) is 4.79 Å². The van der Waals surface area contributed by atoms with Gasteiger partial charge in [-0.3, -0.25) is 0 Å². The second-order valence-corrected chi connectivity index (χ2v) is 6.65. The topological polar surface area (TPSA) is 73.6 Å². The van der Waals surface area contributed by atoms with Crippen LogP contribution in [0.1, 0.15) is 20.8 Å². The lowest BCUT2D eigenvalue weighted by molar-refractivity contribution is 0.0531. The number of nitrogens with two attached hydrogens (primary N) is 1. The third-order valence-electron chi connectivity index (χ3n) is 1.22. The van der Waals surface area contributed by atoms with E-state index in [0.717, 1.165) is 11.5 Å². The molecule has 96 valence electrons. The van der Waals surface area contributed by atoms with Crippen LogP contribution in [0.25, 0.3) is 0 Å². The zero-order chi connectivity index (χ0) is 12.4. The van der Waals surface area contributed by atoms with Crippen molar-refractivity contribution in [3.8, 4) is 0 Å². The maximum absolute atomic E-state index is 11.2. The average molecular weight is 268 g/mol. The minimum atomic E-state index is -0.440. The number of ether oxygens (including phenoxy) is 1. The van der Waals surface area contributed by atoms with E-state index in [1.165, 1.54) is 0 Å². The van der Waals surface area contributed by atoms with Crippen molar-refractivity contribution in [2.45, 2.75) is 26.4 Å². The van der Waals surface area contributed by atoms with Crippen molar-refractivity contribution < 1.29 is 14.4 Å². The number of carbonyl (C=O) groups is 1. The summed E-state index contributed by atoms with van der Waals surface area (Å²) in [4.78, 5) is 15.6. The molecular formula is C9H20N2O3S2. The molecule has 0 spiro atoms. The van der Waals surface area contributed by atoms with E-state index in [2.05, 4.69) is 10.2 Å². The number of hydrogen-bond donors (Lipinski definition) is 2. The zero-order valence-electron chi connectivity index (χ0n) is 9.95. The largest absolute Gasteiger partial charge is 0.444 e. The van der Waals surface area contributed by atoms with E-state index in [1.54, 1.807) is 21.6 Å². The number of hydrogen-bond acceptors (Lipinski definition) is 6. The van der Waals surface area contributed by atoms with Gasteiger partial charge in [-0.05, 0) is 20.8 Å². The minimum absolute atomic E-state index is 0.372. The molecule has 7 heteroatoms. The molecule has 0 bridgehead atoms. The van der Waals surface area contributed by atoms with Crippen LogP contribution in [0.2, 0.25) is 0 Å². The van der Waals surface area contributed by atoms with Crippen LogP contribution in [0.3, 0.4) is 0 Å². The molecule has 0 aliphatic carbocycles. The predicted octanol–water partition coefficient (Wildman–Crippen LogP) is 1.78. The molecule has 0 saturated heterocycles. The van der Waals surface area contributed by atoms with Gasteiger partial charge in [-0.2, -0.15) is 0 Å². The Morgan fingerprint density at radius 2 is 1.94 bits per heavy atom. The summed E-state index contributed by atoms with van der Waals surface area (Å²) in [5, 5.41) is 2.68. The minimum Gasteiger partial charge on any atom is -0.444 e. The van der Waals surface area contributed by atoms with Gasteiger partial charge < -0.3 is 14.9 Å².